The van der Waals surface area contributed by atoms with Gasteiger partial charge in [0.25, 0.3) is 0 Å². The molecular weight excluding hydrogens is 190 g/mol. The van der Waals surface area contributed by atoms with Crippen LogP contribution in [0.3, 0.4) is 0 Å². The first-order valence-electron chi connectivity index (χ1n) is 5.59. The third-order valence-electron chi connectivity index (χ3n) is 3.27. The van der Waals surface area contributed by atoms with Crippen molar-refractivity contribution in [2.45, 2.75) is 33.1 Å². The molecule has 0 aromatic heterocycles. The number of carbonyl (C=O) groups is 1. The summed E-state index contributed by atoms with van der Waals surface area (Å²) >= 11 is 0. The molecule has 0 aliphatic heterocycles. The van der Waals surface area contributed by atoms with E-state index in [-0.39, 0.29) is 5.97 Å². The molecule has 0 bridgehead atoms. The summed E-state index contributed by atoms with van der Waals surface area (Å²) in [5, 5.41) is 3.36. The zero-order valence-corrected chi connectivity index (χ0v) is 9.93. The molecule has 0 atom stereocenters. The molecule has 1 saturated carbocycles. The topological polar surface area (TPSA) is 38.3 Å². The lowest BCUT2D eigenvalue weighted by Gasteiger charge is -2.12. The van der Waals surface area contributed by atoms with E-state index in [1.54, 1.807) is 6.92 Å². The van der Waals surface area contributed by atoms with E-state index in [1.165, 1.54) is 26.4 Å². The van der Waals surface area contributed by atoms with Crippen molar-refractivity contribution >= 4 is 5.97 Å². The van der Waals surface area contributed by atoms with Crippen molar-refractivity contribution in [3.05, 3.63) is 11.6 Å². The van der Waals surface area contributed by atoms with Crippen LogP contribution in [0.15, 0.2) is 11.6 Å². The first-order valence-corrected chi connectivity index (χ1v) is 5.59. The normalized spacial score (nSPS) is 18.7. The second-order valence-electron chi connectivity index (χ2n) is 4.36. The number of ether oxygens (including phenoxy) is 1. The van der Waals surface area contributed by atoms with E-state index >= 15 is 0 Å². The van der Waals surface area contributed by atoms with E-state index in [0.29, 0.717) is 11.0 Å². The van der Waals surface area contributed by atoms with Crippen molar-refractivity contribution in [2.75, 3.05) is 20.2 Å². The van der Waals surface area contributed by atoms with Gasteiger partial charge in [-0.1, -0.05) is 13.0 Å². The van der Waals surface area contributed by atoms with E-state index in [2.05, 4.69) is 17.0 Å². The summed E-state index contributed by atoms with van der Waals surface area (Å²) in [7, 11) is 1.41. The molecule has 1 rings (SSSR count). The van der Waals surface area contributed by atoms with Gasteiger partial charge in [-0.25, -0.2) is 4.79 Å². The van der Waals surface area contributed by atoms with E-state index in [4.69, 9.17) is 0 Å². The highest BCUT2D eigenvalue weighted by Crippen LogP contribution is 2.47. The summed E-state index contributed by atoms with van der Waals surface area (Å²) in [4.78, 5) is 11.1. The van der Waals surface area contributed by atoms with Crippen LogP contribution >= 0.6 is 0 Å². The van der Waals surface area contributed by atoms with E-state index in [9.17, 15) is 4.79 Å². The summed E-state index contributed by atoms with van der Waals surface area (Å²) in [6.07, 6.45) is 5.82. The molecule has 0 radical (unpaired) electrons. The maximum atomic E-state index is 11.1. The van der Waals surface area contributed by atoms with Crippen LogP contribution in [0.2, 0.25) is 0 Å². The lowest BCUT2D eigenvalue weighted by molar-refractivity contribution is -0.136. The maximum Gasteiger partial charge on any atom is 0.333 e. The lowest BCUT2D eigenvalue weighted by Crippen LogP contribution is -2.24. The van der Waals surface area contributed by atoms with Crippen molar-refractivity contribution in [3.63, 3.8) is 0 Å². The van der Waals surface area contributed by atoms with Crippen LogP contribution in [0.4, 0.5) is 0 Å². The Morgan fingerprint density at radius 3 is 2.67 bits per heavy atom. The minimum absolute atomic E-state index is 0.242. The largest absolute Gasteiger partial charge is 0.466 e. The molecule has 0 aromatic rings. The van der Waals surface area contributed by atoms with Crippen molar-refractivity contribution < 1.29 is 9.53 Å². The zero-order chi connectivity index (χ0) is 11.3. The Balaban J connectivity index is 2.18. The summed E-state index contributed by atoms with van der Waals surface area (Å²) in [6.45, 7) is 5.83. The van der Waals surface area contributed by atoms with Crippen LogP contribution in [0.25, 0.3) is 0 Å². The maximum absolute atomic E-state index is 11.1. The number of hydrogen-bond donors (Lipinski definition) is 1. The summed E-state index contributed by atoms with van der Waals surface area (Å²) < 4.78 is 4.61. The molecule has 1 aliphatic rings. The van der Waals surface area contributed by atoms with Gasteiger partial charge in [0.2, 0.25) is 0 Å². The molecule has 1 fully saturated rings. The van der Waals surface area contributed by atoms with Crippen LogP contribution in [-0.4, -0.2) is 26.2 Å². The Kier molecular flexibility index (Phi) is 4.33. The van der Waals surface area contributed by atoms with Gasteiger partial charge in [0.05, 0.1) is 7.11 Å². The molecule has 15 heavy (non-hydrogen) atoms. The van der Waals surface area contributed by atoms with Gasteiger partial charge >= 0.3 is 5.97 Å². The van der Waals surface area contributed by atoms with Crippen LogP contribution < -0.4 is 5.32 Å². The standard InChI is InChI=1S/C12H21NO2/c1-4-12(6-7-12)9-13-8-5-10(2)11(14)15-3/h5,13H,4,6-9H2,1-3H3/b10-5-. The molecule has 0 spiro atoms. The number of hydrogen-bond acceptors (Lipinski definition) is 3. The number of methoxy groups -OCH3 is 1. The molecule has 3 heteroatoms. The summed E-state index contributed by atoms with van der Waals surface area (Å²) in [5.74, 6) is -0.242. The Labute approximate surface area is 91.9 Å². The quantitative estimate of drug-likeness (QED) is 0.414. The van der Waals surface area contributed by atoms with Gasteiger partial charge in [0.15, 0.2) is 0 Å². The highest BCUT2D eigenvalue weighted by atomic mass is 16.5. The van der Waals surface area contributed by atoms with E-state index in [1.807, 2.05) is 6.08 Å². The highest BCUT2D eigenvalue weighted by Gasteiger charge is 2.39. The van der Waals surface area contributed by atoms with Crippen LogP contribution in [0, 0.1) is 5.41 Å². The molecule has 0 heterocycles. The number of rotatable bonds is 6. The Hall–Kier alpha value is -0.830. The first-order chi connectivity index (χ1) is 7.13. The monoisotopic (exact) mass is 211 g/mol. The first kappa shape index (κ1) is 12.2. The molecular formula is C12H21NO2. The molecule has 86 valence electrons. The minimum atomic E-state index is -0.242. The minimum Gasteiger partial charge on any atom is -0.466 e. The average molecular weight is 211 g/mol. The Bertz CT molecular complexity index is 254. The second-order valence-corrected chi connectivity index (χ2v) is 4.36. The van der Waals surface area contributed by atoms with Crippen LogP contribution in [0.5, 0.6) is 0 Å². The molecule has 0 saturated heterocycles. The van der Waals surface area contributed by atoms with Crippen molar-refractivity contribution in [1.82, 2.24) is 5.32 Å². The Morgan fingerprint density at radius 2 is 2.20 bits per heavy atom. The van der Waals surface area contributed by atoms with Crippen molar-refractivity contribution in [2.24, 2.45) is 5.41 Å². The van der Waals surface area contributed by atoms with Crippen molar-refractivity contribution in [3.8, 4) is 0 Å². The molecule has 1 N–H and O–H groups in total. The van der Waals surface area contributed by atoms with Crippen LogP contribution in [-0.2, 0) is 9.53 Å². The van der Waals surface area contributed by atoms with E-state index < -0.39 is 0 Å². The zero-order valence-electron chi connectivity index (χ0n) is 9.93. The van der Waals surface area contributed by atoms with Crippen molar-refractivity contribution in [1.29, 1.82) is 0 Å². The van der Waals surface area contributed by atoms with Gasteiger partial charge in [-0.3, -0.25) is 0 Å². The predicted octanol–water partition coefficient (Wildman–Crippen LogP) is 1.89. The molecule has 3 nitrogen and oxygen atoms in total. The SMILES string of the molecule is CCC1(CNC/C=C(/C)C(=O)OC)CC1. The lowest BCUT2D eigenvalue weighted by atomic mass is 10.0. The predicted molar refractivity (Wildman–Crippen MR) is 60.6 cm³/mol. The third kappa shape index (κ3) is 3.67. The van der Waals surface area contributed by atoms with Gasteiger partial charge in [-0.15, -0.1) is 0 Å². The van der Waals surface area contributed by atoms with Gasteiger partial charge in [0.1, 0.15) is 0 Å². The second kappa shape index (κ2) is 5.31. The number of esters is 1. The molecule has 0 aromatic carbocycles. The summed E-state index contributed by atoms with van der Waals surface area (Å²) in [5.41, 5.74) is 1.24. The van der Waals surface area contributed by atoms with Gasteiger partial charge in [0, 0.05) is 18.7 Å². The third-order valence-corrected chi connectivity index (χ3v) is 3.27. The van der Waals surface area contributed by atoms with Crippen LogP contribution in [0.1, 0.15) is 33.1 Å². The molecule has 1 aliphatic carbocycles. The fourth-order valence-electron chi connectivity index (χ4n) is 1.64. The fraction of sp³-hybridized carbons (Fsp3) is 0.750. The van der Waals surface area contributed by atoms with Gasteiger partial charge in [-0.2, -0.15) is 0 Å². The summed E-state index contributed by atoms with van der Waals surface area (Å²) in [6, 6.07) is 0. The number of nitrogens with one attached hydrogen (secondary N) is 1. The molecule has 0 unspecified atom stereocenters. The fourth-order valence-corrected chi connectivity index (χ4v) is 1.64. The average Bonchev–Trinajstić information content (AvgIpc) is 3.03. The molecule has 0 amide bonds. The number of carbonyl (C=O) groups excluding carboxylic acids is 1. The van der Waals surface area contributed by atoms with Gasteiger partial charge < -0.3 is 10.1 Å². The van der Waals surface area contributed by atoms with E-state index in [0.717, 1.165) is 13.1 Å². The smallest absolute Gasteiger partial charge is 0.333 e. The van der Waals surface area contributed by atoms with Gasteiger partial charge in [-0.05, 0) is 31.6 Å². The Morgan fingerprint density at radius 1 is 1.53 bits per heavy atom. The highest BCUT2D eigenvalue weighted by molar-refractivity contribution is 5.87.